The Morgan fingerprint density at radius 3 is 2.24 bits per heavy atom. The molecule has 0 atom stereocenters. The van der Waals surface area contributed by atoms with Gasteiger partial charge in [-0.1, -0.05) is 11.8 Å². The van der Waals surface area contributed by atoms with Crippen LogP contribution in [0.25, 0.3) is 0 Å². The maximum atomic E-state index is 5.29. The minimum atomic E-state index is 0.763. The Morgan fingerprint density at radius 1 is 1.06 bits per heavy atom. The van der Waals surface area contributed by atoms with E-state index in [1.807, 2.05) is 18.8 Å². The van der Waals surface area contributed by atoms with E-state index >= 15 is 0 Å². The van der Waals surface area contributed by atoms with E-state index in [1.165, 1.54) is 0 Å². The quantitative estimate of drug-likeness (QED) is 0.474. The molecule has 8 heteroatoms. The molecule has 0 aromatic rings. The molecule has 1 rings (SSSR count). The fraction of sp³-hybridized carbons (Fsp3) is 0.778. The summed E-state index contributed by atoms with van der Waals surface area (Å²) in [5.74, 6) is 0. The lowest BCUT2D eigenvalue weighted by atomic mass is 10.5. The zero-order chi connectivity index (χ0) is 12.5. The first-order chi connectivity index (χ1) is 8.30. The number of amidine groups is 1. The van der Waals surface area contributed by atoms with Crippen molar-refractivity contribution in [2.45, 2.75) is 0 Å². The van der Waals surface area contributed by atoms with Crippen LogP contribution in [0.5, 0.6) is 0 Å². The highest BCUT2D eigenvalue weighted by molar-refractivity contribution is 8.38. The minimum Gasteiger partial charge on any atom is -0.379 e. The van der Waals surface area contributed by atoms with Gasteiger partial charge in [-0.25, -0.2) is 5.01 Å². The van der Waals surface area contributed by atoms with Crippen LogP contribution in [-0.2, 0) is 4.74 Å². The Labute approximate surface area is 115 Å². The SMILES string of the molecule is CSC(=N/N=C(/NN1CCOCC1)SC)SC. The predicted octanol–water partition coefficient (Wildman–Crippen LogP) is 1.54. The van der Waals surface area contributed by atoms with Gasteiger partial charge >= 0.3 is 0 Å². The Hall–Kier alpha value is 0.110. The van der Waals surface area contributed by atoms with E-state index in [-0.39, 0.29) is 0 Å². The molecule has 0 radical (unpaired) electrons. The van der Waals surface area contributed by atoms with Gasteiger partial charge in [-0.2, -0.15) is 0 Å². The molecule has 0 saturated carbocycles. The number of hydrogen-bond acceptors (Lipinski definition) is 7. The van der Waals surface area contributed by atoms with Gasteiger partial charge in [-0.15, -0.1) is 33.7 Å². The van der Waals surface area contributed by atoms with Crippen molar-refractivity contribution in [2.75, 3.05) is 45.1 Å². The van der Waals surface area contributed by atoms with Gasteiger partial charge < -0.3 is 4.74 Å². The van der Waals surface area contributed by atoms with Gasteiger partial charge in [-0.05, 0) is 18.8 Å². The fourth-order valence-electron chi connectivity index (χ4n) is 1.17. The van der Waals surface area contributed by atoms with Crippen molar-refractivity contribution in [1.82, 2.24) is 10.4 Å². The summed E-state index contributed by atoms with van der Waals surface area (Å²) in [6.07, 6.45) is 5.98. The third-order valence-electron chi connectivity index (χ3n) is 2.03. The Morgan fingerprint density at radius 2 is 1.71 bits per heavy atom. The highest BCUT2D eigenvalue weighted by Gasteiger charge is 2.11. The van der Waals surface area contributed by atoms with Crippen molar-refractivity contribution in [3.63, 3.8) is 0 Å². The lowest BCUT2D eigenvalue weighted by Gasteiger charge is -2.27. The van der Waals surface area contributed by atoms with Crippen LogP contribution in [0.1, 0.15) is 0 Å². The first-order valence-corrected chi connectivity index (χ1v) is 8.84. The molecule has 0 bridgehead atoms. The van der Waals surface area contributed by atoms with Crippen LogP contribution >= 0.6 is 35.3 Å². The standard InChI is InChI=1S/C9H18N4OS3/c1-15-8(10-11-9(16-2)17-3)12-13-4-6-14-7-5-13/h4-7H2,1-3H3,(H,10,12). The number of hydrazine groups is 1. The lowest BCUT2D eigenvalue weighted by Crippen LogP contribution is -2.47. The van der Waals surface area contributed by atoms with Crippen molar-refractivity contribution in [3.8, 4) is 0 Å². The second-order valence-corrected chi connectivity index (χ2v) is 5.74. The Kier molecular flexibility index (Phi) is 8.12. The van der Waals surface area contributed by atoms with Crippen molar-refractivity contribution >= 4 is 44.8 Å². The molecular formula is C9H18N4OS3. The summed E-state index contributed by atoms with van der Waals surface area (Å²) in [5, 5.41) is 11.3. The molecule has 5 nitrogen and oxygen atoms in total. The summed E-state index contributed by atoms with van der Waals surface area (Å²) in [7, 11) is 0. The van der Waals surface area contributed by atoms with Crippen LogP contribution in [0, 0.1) is 0 Å². The molecule has 0 aromatic heterocycles. The van der Waals surface area contributed by atoms with Crippen LogP contribution in [0.3, 0.4) is 0 Å². The molecule has 1 aliphatic rings. The summed E-state index contributed by atoms with van der Waals surface area (Å²) >= 11 is 4.76. The molecule has 98 valence electrons. The molecule has 0 aliphatic carbocycles. The number of morpholine rings is 1. The zero-order valence-corrected chi connectivity index (χ0v) is 12.8. The molecule has 0 amide bonds. The summed E-state index contributed by atoms with van der Waals surface area (Å²) in [4.78, 5) is 0. The molecule has 17 heavy (non-hydrogen) atoms. The van der Waals surface area contributed by atoms with Crippen molar-refractivity contribution in [2.24, 2.45) is 10.2 Å². The molecule has 0 aromatic carbocycles. The smallest absolute Gasteiger partial charge is 0.197 e. The van der Waals surface area contributed by atoms with Gasteiger partial charge in [-0.3, -0.25) is 5.43 Å². The number of rotatable bonds is 2. The van der Waals surface area contributed by atoms with Crippen LogP contribution < -0.4 is 5.43 Å². The molecule has 1 fully saturated rings. The maximum absolute atomic E-state index is 5.29. The number of nitrogens with zero attached hydrogens (tertiary/aromatic N) is 3. The van der Waals surface area contributed by atoms with Crippen LogP contribution in [0.4, 0.5) is 0 Å². The lowest BCUT2D eigenvalue weighted by molar-refractivity contribution is 0.0253. The molecule has 1 heterocycles. The molecule has 0 spiro atoms. The van der Waals surface area contributed by atoms with Gasteiger partial charge in [0, 0.05) is 13.1 Å². The average molecular weight is 294 g/mol. The van der Waals surface area contributed by atoms with E-state index in [0.29, 0.717) is 0 Å². The molecule has 1 N–H and O–H groups in total. The first kappa shape index (κ1) is 15.2. The van der Waals surface area contributed by atoms with Crippen LogP contribution in [0.2, 0.25) is 0 Å². The van der Waals surface area contributed by atoms with E-state index < -0.39 is 0 Å². The van der Waals surface area contributed by atoms with Crippen LogP contribution in [-0.4, -0.2) is 59.6 Å². The second kappa shape index (κ2) is 9.09. The summed E-state index contributed by atoms with van der Waals surface area (Å²) in [6, 6.07) is 0. The second-order valence-electron chi connectivity index (χ2n) is 3.09. The zero-order valence-electron chi connectivity index (χ0n) is 10.3. The number of nitrogens with one attached hydrogen (secondary N) is 1. The Bertz CT molecular complexity index is 273. The number of ether oxygens (including phenoxy) is 1. The minimum absolute atomic E-state index is 0.763. The summed E-state index contributed by atoms with van der Waals surface area (Å²) < 4.78 is 6.24. The monoisotopic (exact) mass is 294 g/mol. The van der Waals surface area contributed by atoms with Crippen LogP contribution in [0.15, 0.2) is 10.2 Å². The van der Waals surface area contributed by atoms with Crippen molar-refractivity contribution < 1.29 is 4.74 Å². The first-order valence-electron chi connectivity index (χ1n) is 5.17. The maximum Gasteiger partial charge on any atom is 0.197 e. The molecular weight excluding hydrogens is 276 g/mol. The third-order valence-corrected chi connectivity index (χ3v) is 4.45. The van der Waals surface area contributed by atoms with E-state index in [4.69, 9.17) is 4.74 Å². The molecule has 1 aliphatic heterocycles. The van der Waals surface area contributed by atoms with Crippen molar-refractivity contribution in [1.29, 1.82) is 0 Å². The van der Waals surface area contributed by atoms with Gasteiger partial charge in [0.2, 0.25) is 0 Å². The van der Waals surface area contributed by atoms with Gasteiger partial charge in [0.1, 0.15) is 0 Å². The Balaban J connectivity index is 2.51. The van der Waals surface area contributed by atoms with E-state index in [0.717, 1.165) is 35.8 Å². The van der Waals surface area contributed by atoms with Gasteiger partial charge in [0.25, 0.3) is 0 Å². The van der Waals surface area contributed by atoms with E-state index in [2.05, 4.69) is 20.6 Å². The molecule has 1 saturated heterocycles. The average Bonchev–Trinajstić information content (AvgIpc) is 2.39. The number of thioether (sulfide) groups is 3. The molecule has 0 unspecified atom stereocenters. The predicted molar refractivity (Wildman–Crippen MR) is 80.9 cm³/mol. The highest BCUT2D eigenvalue weighted by Crippen LogP contribution is 2.11. The normalized spacial score (nSPS) is 17.9. The van der Waals surface area contributed by atoms with Gasteiger partial charge in [0.05, 0.1) is 13.2 Å². The largest absolute Gasteiger partial charge is 0.379 e. The summed E-state index contributed by atoms with van der Waals surface area (Å²) in [6.45, 7) is 3.28. The highest BCUT2D eigenvalue weighted by atomic mass is 32.2. The fourth-order valence-corrected chi connectivity index (χ4v) is 2.42. The summed E-state index contributed by atoms with van der Waals surface area (Å²) in [5.41, 5.74) is 3.25. The number of hydrogen-bond donors (Lipinski definition) is 1. The van der Waals surface area contributed by atoms with Crippen molar-refractivity contribution in [3.05, 3.63) is 0 Å². The van der Waals surface area contributed by atoms with E-state index in [1.54, 1.807) is 35.3 Å². The van der Waals surface area contributed by atoms with Gasteiger partial charge in [0.15, 0.2) is 9.54 Å². The topological polar surface area (TPSA) is 49.2 Å². The third kappa shape index (κ3) is 6.01. The van der Waals surface area contributed by atoms with E-state index in [9.17, 15) is 0 Å².